The van der Waals surface area contributed by atoms with Gasteiger partial charge in [-0.05, 0) is 0 Å². The molecule has 7 heteroatoms. The van der Waals surface area contributed by atoms with Crippen LogP contribution in [0.15, 0.2) is 0 Å². The molecule has 21 heavy (non-hydrogen) atoms. The Kier molecular flexibility index (Phi) is 11.0. The lowest BCUT2D eigenvalue weighted by Crippen LogP contribution is -2.49. The standard InChI is InChI=1S/C14H32N4O3/c19-12-2-15-1-3-16(10-13-20)4-5-17-6-8-18(9-7-17)11-14-21/h15,19-21H,1-14H2. The minimum atomic E-state index is 0.165. The summed E-state index contributed by atoms with van der Waals surface area (Å²) in [4.78, 5) is 6.99. The van der Waals surface area contributed by atoms with Crippen molar-refractivity contribution < 1.29 is 15.3 Å². The summed E-state index contributed by atoms with van der Waals surface area (Å²) in [7, 11) is 0. The van der Waals surface area contributed by atoms with E-state index in [-0.39, 0.29) is 19.8 Å². The first-order valence-electron chi connectivity index (χ1n) is 8.00. The summed E-state index contributed by atoms with van der Waals surface area (Å²) in [6.07, 6.45) is 0. The van der Waals surface area contributed by atoms with Crippen molar-refractivity contribution in [3.63, 3.8) is 0 Å². The first-order valence-corrected chi connectivity index (χ1v) is 8.00. The van der Waals surface area contributed by atoms with E-state index in [2.05, 4.69) is 20.0 Å². The molecule has 0 amide bonds. The summed E-state index contributed by atoms with van der Waals surface area (Å²) in [6, 6.07) is 0. The number of rotatable bonds is 12. The lowest BCUT2D eigenvalue weighted by atomic mass is 10.3. The van der Waals surface area contributed by atoms with Crippen molar-refractivity contribution in [2.45, 2.75) is 0 Å². The predicted molar refractivity (Wildman–Crippen MR) is 83.4 cm³/mol. The summed E-state index contributed by atoms with van der Waals surface area (Å²) in [5, 5.41) is 29.9. The van der Waals surface area contributed by atoms with E-state index in [9.17, 15) is 0 Å². The highest BCUT2D eigenvalue weighted by Crippen LogP contribution is 2.01. The summed E-state index contributed by atoms with van der Waals surface area (Å²) >= 11 is 0. The number of piperazine rings is 1. The largest absolute Gasteiger partial charge is 0.395 e. The molecule has 1 aliphatic heterocycles. The van der Waals surface area contributed by atoms with E-state index in [0.717, 1.165) is 58.9 Å². The Hall–Kier alpha value is -0.280. The second-order valence-corrected chi connectivity index (χ2v) is 5.45. The number of hydrogen-bond acceptors (Lipinski definition) is 7. The van der Waals surface area contributed by atoms with Gasteiger partial charge >= 0.3 is 0 Å². The third-order valence-electron chi connectivity index (χ3n) is 3.92. The molecule has 0 bridgehead atoms. The Morgan fingerprint density at radius 3 is 1.95 bits per heavy atom. The summed E-state index contributed by atoms with van der Waals surface area (Å²) in [5.41, 5.74) is 0. The second kappa shape index (κ2) is 12.3. The molecule has 1 saturated heterocycles. The fourth-order valence-electron chi connectivity index (χ4n) is 2.58. The number of nitrogens with one attached hydrogen (secondary N) is 1. The molecule has 0 spiro atoms. The van der Waals surface area contributed by atoms with Gasteiger partial charge in [0.1, 0.15) is 0 Å². The molecular formula is C14H32N4O3. The van der Waals surface area contributed by atoms with Gasteiger partial charge in [0.05, 0.1) is 19.8 Å². The molecule has 0 atom stereocenters. The molecule has 0 unspecified atom stereocenters. The van der Waals surface area contributed by atoms with Gasteiger partial charge in [-0.15, -0.1) is 0 Å². The smallest absolute Gasteiger partial charge is 0.0558 e. The molecule has 0 aromatic carbocycles. The fourth-order valence-corrected chi connectivity index (χ4v) is 2.58. The molecule has 0 aromatic heterocycles. The molecule has 1 fully saturated rings. The van der Waals surface area contributed by atoms with Gasteiger partial charge in [0.25, 0.3) is 0 Å². The molecule has 0 saturated carbocycles. The van der Waals surface area contributed by atoms with Crippen LogP contribution in [0.2, 0.25) is 0 Å². The molecule has 126 valence electrons. The Bertz CT molecular complexity index is 238. The van der Waals surface area contributed by atoms with Crippen LogP contribution in [0.1, 0.15) is 0 Å². The van der Waals surface area contributed by atoms with Crippen LogP contribution in [0.5, 0.6) is 0 Å². The van der Waals surface area contributed by atoms with E-state index in [1.165, 1.54) is 0 Å². The van der Waals surface area contributed by atoms with Crippen LogP contribution in [0.3, 0.4) is 0 Å². The van der Waals surface area contributed by atoms with Gasteiger partial charge in [-0.25, -0.2) is 0 Å². The van der Waals surface area contributed by atoms with Gasteiger partial charge in [0.2, 0.25) is 0 Å². The normalized spacial score (nSPS) is 17.7. The highest BCUT2D eigenvalue weighted by atomic mass is 16.3. The maximum absolute atomic E-state index is 9.12. The molecule has 0 aromatic rings. The highest BCUT2D eigenvalue weighted by molar-refractivity contribution is 4.73. The maximum atomic E-state index is 9.12. The minimum Gasteiger partial charge on any atom is -0.395 e. The average Bonchev–Trinajstić information content (AvgIpc) is 2.51. The van der Waals surface area contributed by atoms with E-state index < -0.39 is 0 Å². The monoisotopic (exact) mass is 304 g/mol. The van der Waals surface area contributed by atoms with Crippen LogP contribution in [0, 0.1) is 0 Å². The van der Waals surface area contributed by atoms with E-state index in [4.69, 9.17) is 15.3 Å². The van der Waals surface area contributed by atoms with Gasteiger partial charge in [0, 0.05) is 72.0 Å². The van der Waals surface area contributed by atoms with Crippen LogP contribution in [-0.2, 0) is 0 Å². The quantitative estimate of drug-likeness (QED) is 0.296. The van der Waals surface area contributed by atoms with Crippen LogP contribution in [-0.4, -0.2) is 122 Å². The van der Waals surface area contributed by atoms with Crippen molar-refractivity contribution in [2.75, 3.05) is 91.8 Å². The average molecular weight is 304 g/mol. The van der Waals surface area contributed by atoms with Crippen LogP contribution >= 0.6 is 0 Å². The lowest BCUT2D eigenvalue weighted by molar-refractivity contribution is 0.0996. The predicted octanol–water partition coefficient (Wildman–Crippen LogP) is -2.53. The van der Waals surface area contributed by atoms with E-state index in [1.54, 1.807) is 0 Å². The molecule has 1 aliphatic rings. The zero-order valence-corrected chi connectivity index (χ0v) is 13.1. The van der Waals surface area contributed by atoms with Crippen LogP contribution in [0.4, 0.5) is 0 Å². The molecule has 1 heterocycles. The summed E-state index contributed by atoms with van der Waals surface area (Å²) in [5.74, 6) is 0. The summed E-state index contributed by atoms with van der Waals surface area (Å²) in [6.45, 7) is 10.6. The third kappa shape index (κ3) is 8.67. The Morgan fingerprint density at radius 2 is 1.38 bits per heavy atom. The molecular weight excluding hydrogens is 272 g/mol. The molecule has 7 nitrogen and oxygen atoms in total. The maximum Gasteiger partial charge on any atom is 0.0558 e. The van der Waals surface area contributed by atoms with Crippen molar-refractivity contribution in [2.24, 2.45) is 0 Å². The second-order valence-electron chi connectivity index (χ2n) is 5.45. The zero-order valence-electron chi connectivity index (χ0n) is 13.1. The van der Waals surface area contributed by atoms with Crippen molar-refractivity contribution in [1.82, 2.24) is 20.0 Å². The fraction of sp³-hybridized carbons (Fsp3) is 1.00. The van der Waals surface area contributed by atoms with E-state index in [1.807, 2.05) is 0 Å². The molecule has 1 rings (SSSR count). The molecule has 0 aliphatic carbocycles. The lowest BCUT2D eigenvalue weighted by Gasteiger charge is -2.35. The number of β-amino-alcohol motifs (C(OH)–C–C–N with tert-alkyl or cyclic N) is 1. The number of nitrogens with zero attached hydrogens (tertiary/aromatic N) is 3. The van der Waals surface area contributed by atoms with Gasteiger partial charge < -0.3 is 20.6 Å². The number of aliphatic hydroxyl groups is 3. The Labute approximate surface area is 128 Å². The zero-order chi connectivity index (χ0) is 15.3. The van der Waals surface area contributed by atoms with Crippen LogP contribution in [0.25, 0.3) is 0 Å². The van der Waals surface area contributed by atoms with E-state index >= 15 is 0 Å². The Morgan fingerprint density at radius 1 is 0.714 bits per heavy atom. The van der Waals surface area contributed by atoms with Crippen molar-refractivity contribution in [3.8, 4) is 0 Å². The Balaban J connectivity index is 2.14. The number of aliphatic hydroxyl groups excluding tert-OH is 3. The topological polar surface area (TPSA) is 82.4 Å². The summed E-state index contributed by atoms with van der Waals surface area (Å²) < 4.78 is 0. The van der Waals surface area contributed by atoms with Gasteiger partial charge in [-0.1, -0.05) is 0 Å². The van der Waals surface area contributed by atoms with Crippen molar-refractivity contribution >= 4 is 0 Å². The van der Waals surface area contributed by atoms with E-state index in [0.29, 0.717) is 13.1 Å². The van der Waals surface area contributed by atoms with Gasteiger partial charge in [-0.2, -0.15) is 0 Å². The van der Waals surface area contributed by atoms with Crippen molar-refractivity contribution in [1.29, 1.82) is 0 Å². The van der Waals surface area contributed by atoms with Crippen LogP contribution < -0.4 is 5.32 Å². The third-order valence-corrected chi connectivity index (χ3v) is 3.92. The molecule has 0 radical (unpaired) electrons. The minimum absolute atomic E-state index is 0.165. The molecule has 4 N–H and O–H groups in total. The highest BCUT2D eigenvalue weighted by Gasteiger charge is 2.16. The van der Waals surface area contributed by atoms with Crippen molar-refractivity contribution in [3.05, 3.63) is 0 Å². The first-order chi connectivity index (χ1) is 10.3. The number of hydrogen-bond donors (Lipinski definition) is 4. The van der Waals surface area contributed by atoms with Gasteiger partial charge in [0.15, 0.2) is 0 Å². The van der Waals surface area contributed by atoms with Gasteiger partial charge in [-0.3, -0.25) is 14.7 Å². The SMILES string of the molecule is OCCNCCN(CCO)CCN1CCN(CCO)CC1. The first kappa shape index (κ1) is 18.8.